The highest BCUT2D eigenvalue weighted by Crippen LogP contribution is 2.26. The van der Waals surface area contributed by atoms with Crippen LogP contribution in [0.5, 0.6) is 0 Å². The topological polar surface area (TPSA) is 70.6 Å². The predicted octanol–water partition coefficient (Wildman–Crippen LogP) is 3.85. The Morgan fingerprint density at radius 2 is 1.63 bits per heavy atom. The van der Waals surface area contributed by atoms with Gasteiger partial charge in [0.25, 0.3) is 0 Å². The third kappa shape index (κ3) is 5.19. The number of nitrogens with zero attached hydrogens (tertiary/aromatic N) is 1. The second-order valence-electron chi connectivity index (χ2n) is 6.76. The fraction of sp³-hybridized carbons (Fsp3) is 0.174. The molecule has 0 amide bonds. The van der Waals surface area contributed by atoms with E-state index in [9.17, 15) is 5.11 Å². The van der Waals surface area contributed by atoms with E-state index >= 15 is 0 Å². The van der Waals surface area contributed by atoms with Crippen LogP contribution >= 0.6 is 0 Å². The number of benzene rings is 3. The van der Waals surface area contributed by atoms with Crippen LogP contribution in [0.4, 0.5) is 5.69 Å². The van der Waals surface area contributed by atoms with Gasteiger partial charge in [0.15, 0.2) is 5.96 Å². The largest absolute Gasteiger partial charge is 0.383 e. The summed E-state index contributed by atoms with van der Waals surface area (Å²) < 4.78 is 0. The van der Waals surface area contributed by atoms with Crippen molar-refractivity contribution in [3.05, 3.63) is 102 Å². The Bertz CT molecular complexity index is 894. The minimum atomic E-state index is -1.14. The first-order valence-corrected chi connectivity index (χ1v) is 9.01. The Morgan fingerprint density at radius 3 is 2.30 bits per heavy atom. The van der Waals surface area contributed by atoms with Gasteiger partial charge in [-0.3, -0.25) is 0 Å². The highest BCUT2D eigenvalue weighted by molar-refractivity contribution is 5.92. The lowest BCUT2D eigenvalue weighted by Crippen LogP contribution is -2.34. The van der Waals surface area contributed by atoms with Gasteiger partial charge < -0.3 is 16.2 Å². The maximum atomic E-state index is 11.4. The minimum Gasteiger partial charge on any atom is -0.383 e. The standard InChI is InChI=1S/C23H25N3O/c1-18-9-8-14-21(15-18)26-22(24)25-17-23(27,20-12-6-3-7-13-20)16-19-10-4-2-5-11-19/h2-15,27H,16-17H2,1H3,(H3,24,25,26). The van der Waals surface area contributed by atoms with Crippen LogP contribution in [0.1, 0.15) is 16.7 Å². The van der Waals surface area contributed by atoms with E-state index in [1.54, 1.807) is 0 Å². The lowest BCUT2D eigenvalue weighted by molar-refractivity contribution is 0.0468. The van der Waals surface area contributed by atoms with E-state index < -0.39 is 5.60 Å². The molecule has 4 N–H and O–H groups in total. The third-order valence-corrected chi connectivity index (χ3v) is 4.45. The molecule has 138 valence electrons. The van der Waals surface area contributed by atoms with Gasteiger partial charge in [-0.25, -0.2) is 4.99 Å². The molecule has 3 aromatic carbocycles. The van der Waals surface area contributed by atoms with Crippen LogP contribution < -0.4 is 11.1 Å². The van der Waals surface area contributed by atoms with Crippen LogP contribution in [0.15, 0.2) is 89.9 Å². The number of rotatable bonds is 6. The molecule has 0 aliphatic rings. The molecule has 4 nitrogen and oxygen atoms in total. The number of aliphatic hydroxyl groups is 1. The Balaban J connectivity index is 1.80. The van der Waals surface area contributed by atoms with Crippen LogP contribution in [0.25, 0.3) is 0 Å². The second-order valence-corrected chi connectivity index (χ2v) is 6.76. The lowest BCUT2D eigenvalue weighted by atomic mass is 9.87. The Kier molecular flexibility index (Phi) is 5.89. The molecule has 0 radical (unpaired) electrons. The molecular weight excluding hydrogens is 334 g/mol. The molecule has 0 heterocycles. The van der Waals surface area contributed by atoms with Gasteiger partial charge >= 0.3 is 0 Å². The molecule has 3 aromatic rings. The number of guanidine groups is 1. The van der Waals surface area contributed by atoms with Crippen molar-refractivity contribution in [1.29, 1.82) is 0 Å². The SMILES string of the molecule is Cc1cccc(NC(N)=NCC(O)(Cc2ccccc2)c2ccccc2)c1. The Labute approximate surface area is 160 Å². The summed E-state index contributed by atoms with van der Waals surface area (Å²) in [4.78, 5) is 4.43. The molecule has 0 aliphatic heterocycles. The van der Waals surface area contributed by atoms with Crippen LogP contribution in [0, 0.1) is 6.92 Å². The van der Waals surface area contributed by atoms with E-state index in [0.717, 1.165) is 22.4 Å². The molecule has 0 aromatic heterocycles. The molecule has 1 atom stereocenters. The summed E-state index contributed by atoms with van der Waals surface area (Å²) in [5, 5.41) is 14.5. The van der Waals surface area contributed by atoms with Crippen molar-refractivity contribution in [2.45, 2.75) is 18.9 Å². The normalized spacial score (nSPS) is 13.8. The molecule has 3 rings (SSSR count). The fourth-order valence-electron chi connectivity index (χ4n) is 3.06. The van der Waals surface area contributed by atoms with Crippen molar-refractivity contribution in [3.8, 4) is 0 Å². The van der Waals surface area contributed by atoms with Crippen molar-refractivity contribution in [2.75, 3.05) is 11.9 Å². The van der Waals surface area contributed by atoms with Crippen molar-refractivity contribution in [3.63, 3.8) is 0 Å². The summed E-state index contributed by atoms with van der Waals surface area (Å²) in [6, 6.07) is 27.4. The Morgan fingerprint density at radius 1 is 0.963 bits per heavy atom. The summed E-state index contributed by atoms with van der Waals surface area (Å²) >= 11 is 0. The number of hydrogen-bond acceptors (Lipinski definition) is 2. The summed E-state index contributed by atoms with van der Waals surface area (Å²) in [6.45, 7) is 2.18. The maximum absolute atomic E-state index is 11.4. The van der Waals surface area contributed by atoms with Gasteiger partial charge in [0, 0.05) is 12.1 Å². The van der Waals surface area contributed by atoms with E-state index in [0.29, 0.717) is 6.42 Å². The van der Waals surface area contributed by atoms with E-state index in [1.807, 2.05) is 91.9 Å². The van der Waals surface area contributed by atoms with Gasteiger partial charge in [0.1, 0.15) is 5.60 Å². The van der Waals surface area contributed by atoms with E-state index in [1.165, 1.54) is 0 Å². The maximum Gasteiger partial charge on any atom is 0.193 e. The summed E-state index contributed by atoms with van der Waals surface area (Å²) in [5.41, 5.74) is 8.80. The number of aliphatic imine (C=N–C) groups is 1. The molecular formula is C23H25N3O. The average Bonchev–Trinajstić information content (AvgIpc) is 2.68. The number of anilines is 1. The predicted molar refractivity (Wildman–Crippen MR) is 112 cm³/mol. The van der Waals surface area contributed by atoms with E-state index in [4.69, 9.17) is 5.73 Å². The summed E-state index contributed by atoms with van der Waals surface area (Å²) in [5.74, 6) is 0.281. The second kappa shape index (κ2) is 8.52. The number of aryl methyl sites for hydroxylation is 1. The van der Waals surface area contributed by atoms with Crippen molar-refractivity contribution < 1.29 is 5.11 Å². The molecule has 0 fully saturated rings. The summed E-state index contributed by atoms with van der Waals surface area (Å²) in [6.07, 6.45) is 0.457. The van der Waals surface area contributed by atoms with Crippen LogP contribution in [0.2, 0.25) is 0 Å². The molecule has 27 heavy (non-hydrogen) atoms. The van der Waals surface area contributed by atoms with Crippen molar-refractivity contribution >= 4 is 11.6 Å². The quantitative estimate of drug-likeness (QED) is 0.462. The third-order valence-electron chi connectivity index (χ3n) is 4.45. The summed E-state index contributed by atoms with van der Waals surface area (Å²) in [7, 11) is 0. The number of nitrogens with one attached hydrogen (secondary N) is 1. The molecule has 0 saturated carbocycles. The molecule has 0 aliphatic carbocycles. The zero-order chi connectivity index (χ0) is 19.1. The lowest BCUT2D eigenvalue weighted by Gasteiger charge is -2.27. The Hall–Kier alpha value is -3.11. The van der Waals surface area contributed by atoms with Gasteiger partial charge in [-0.2, -0.15) is 0 Å². The van der Waals surface area contributed by atoms with E-state index in [2.05, 4.69) is 10.3 Å². The van der Waals surface area contributed by atoms with E-state index in [-0.39, 0.29) is 12.5 Å². The van der Waals surface area contributed by atoms with Crippen LogP contribution in [-0.2, 0) is 12.0 Å². The fourth-order valence-corrected chi connectivity index (χ4v) is 3.06. The van der Waals surface area contributed by atoms with Gasteiger partial charge in [-0.1, -0.05) is 72.8 Å². The average molecular weight is 359 g/mol. The van der Waals surface area contributed by atoms with Gasteiger partial charge in [0.05, 0.1) is 6.54 Å². The highest BCUT2D eigenvalue weighted by atomic mass is 16.3. The van der Waals surface area contributed by atoms with Crippen LogP contribution in [0.3, 0.4) is 0 Å². The van der Waals surface area contributed by atoms with Crippen LogP contribution in [-0.4, -0.2) is 17.6 Å². The molecule has 0 bridgehead atoms. The van der Waals surface area contributed by atoms with Gasteiger partial charge in [-0.05, 0) is 35.7 Å². The molecule has 0 spiro atoms. The molecule has 4 heteroatoms. The monoisotopic (exact) mass is 359 g/mol. The zero-order valence-electron chi connectivity index (χ0n) is 15.5. The number of nitrogens with two attached hydrogens (primary N) is 1. The first-order valence-electron chi connectivity index (χ1n) is 9.01. The first kappa shape index (κ1) is 18.7. The highest BCUT2D eigenvalue weighted by Gasteiger charge is 2.29. The van der Waals surface area contributed by atoms with Crippen molar-refractivity contribution in [1.82, 2.24) is 0 Å². The first-order chi connectivity index (χ1) is 13.0. The minimum absolute atomic E-state index is 0.163. The smallest absolute Gasteiger partial charge is 0.193 e. The zero-order valence-corrected chi connectivity index (χ0v) is 15.5. The van der Waals surface area contributed by atoms with Gasteiger partial charge in [0.2, 0.25) is 0 Å². The van der Waals surface area contributed by atoms with Gasteiger partial charge in [-0.15, -0.1) is 0 Å². The molecule has 1 unspecified atom stereocenters. The van der Waals surface area contributed by atoms with Crippen molar-refractivity contribution in [2.24, 2.45) is 10.7 Å². The molecule has 0 saturated heterocycles. The number of hydrogen-bond donors (Lipinski definition) is 3.